The van der Waals surface area contributed by atoms with Gasteiger partial charge in [0.05, 0.1) is 15.6 Å². The SMILES string of the molecule is [2H]C([2H])([2H])C(C)c1onc(-c2c(C)cccc2Cl)c1COc1ccc(/C=C/c2ccccc2)c(Cl)c1. The van der Waals surface area contributed by atoms with Crippen molar-refractivity contribution in [2.45, 2.75) is 33.2 Å². The van der Waals surface area contributed by atoms with E-state index in [2.05, 4.69) is 5.16 Å². The molecule has 0 bridgehead atoms. The zero-order valence-electron chi connectivity index (χ0n) is 21.3. The third-order valence-corrected chi connectivity index (χ3v) is 5.92. The quantitative estimate of drug-likeness (QED) is 0.247. The highest BCUT2D eigenvalue weighted by atomic mass is 35.5. The Bertz CT molecular complexity index is 1360. The smallest absolute Gasteiger partial charge is 0.146 e. The van der Waals surface area contributed by atoms with E-state index in [1.807, 2.05) is 73.7 Å². The number of aromatic nitrogens is 1. The Balaban J connectivity index is 1.63. The van der Waals surface area contributed by atoms with Crippen molar-refractivity contribution in [1.29, 1.82) is 0 Å². The van der Waals surface area contributed by atoms with Crippen LogP contribution in [0.2, 0.25) is 10.0 Å². The van der Waals surface area contributed by atoms with Gasteiger partial charge in [0, 0.05) is 15.6 Å². The highest BCUT2D eigenvalue weighted by molar-refractivity contribution is 6.33. The van der Waals surface area contributed by atoms with E-state index in [0.717, 1.165) is 16.7 Å². The summed E-state index contributed by atoms with van der Waals surface area (Å²) in [6, 6.07) is 20.9. The molecule has 1 heterocycles. The zero-order valence-corrected chi connectivity index (χ0v) is 19.8. The van der Waals surface area contributed by atoms with Gasteiger partial charge in [0.1, 0.15) is 23.8 Å². The van der Waals surface area contributed by atoms with Crippen LogP contribution in [-0.4, -0.2) is 5.16 Å². The Morgan fingerprint density at radius 1 is 1.03 bits per heavy atom. The van der Waals surface area contributed by atoms with E-state index in [1.54, 1.807) is 19.1 Å². The van der Waals surface area contributed by atoms with Crippen LogP contribution in [0.4, 0.5) is 0 Å². The summed E-state index contributed by atoms with van der Waals surface area (Å²) in [5, 5.41) is 5.24. The fourth-order valence-corrected chi connectivity index (χ4v) is 4.11. The molecule has 0 fully saturated rings. The molecule has 4 aromatic rings. The van der Waals surface area contributed by atoms with Gasteiger partial charge in [-0.2, -0.15) is 0 Å². The number of halogens is 2. The molecule has 0 saturated heterocycles. The molecule has 1 aromatic heterocycles. The number of rotatable bonds is 7. The summed E-state index contributed by atoms with van der Waals surface area (Å²) in [7, 11) is 0. The highest BCUT2D eigenvalue weighted by Crippen LogP contribution is 2.37. The number of hydrogen-bond donors (Lipinski definition) is 0. The van der Waals surface area contributed by atoms with Crippen LogP contribution >= 0.6 is 23.2 Å². The third-order valence-electron chi connectivity index (χ3n) is 5.28. The molecule has 1 unspecified atom stereocenters. The van der Waals surface area contributed by atoms with E-state index in [4.69, 9.17) is 36.6 Å². The van der Waals surface area contributed by atoms with Gasteiger partial charge in [0.25, 0.3) is 0 Å². The molecule has 0 radical (unpaired) electrons. The van der Waals surface area contributed by atoms with Gasteiger partial charge >= 0.3 is 0 Å². The maximum Gasteiger partial charge on any atom is 0.146 e. The van der Waals surface area contributed by atoms with Crippen molar-refractivity contribution in [1.82, 2.24) is 5.16 Å². The fraction of sp³-hybridized carbons (Fsp3) is 0.179. The second kappa shape index (κ2) is 10.3. The van der Waals surface area contributed by atoms with Crippen molar-refractivity contribution in [3.8, 4) is 17.0 Å². The first kappa shape index (κ1) is 19.5. The Hall–Kier alpha value is -3.01. The Morgan fingerprint density at radius 3 is 2.58 bits per heavy atom. The lowest BCUT2D eigenvalue weighted by molar-refractivity contribution is 0.298. The first-order valence-electron chi connectivity index (χ1n) is 12.0. The molecule has 0 N–H and O–H groups in total. The van der Waals surface area contributed by atoms with Gasteiger partial charge in [-0.3, -0.25) is 0 Å². The summed E-state index contributed by atoms with van der Waals surface area (Å²) in [5.74, 6) is -0.0977. The van der Waals surface area contributed by atoms with Gasteiger partial charge in [0.15, 0.2) is 0 Å². The number of hydrogen-bond acceptors (Lipinski definition) is 3. The van der Waals surface area contributed by atoms with E-state index < -0.39 is 12.8 Å². The van der Waals surface area contributed by atoms with Crippen LogP contribution in [0.25, 0.3) is 23.4 Å². The topological polar surface area (TPSA) is 35.3 Å². The molecule has 1 atom stereocenters. The predicted octanol–water partition coefficient (Wildman–Crippen LogP) is 8.83. The van der Waals surface area contributed by atoms with Gasteiger partial charge in [-0.15, -0.1) is 0 Å². The molecule has 0 aliphatic heterocycles. The molecular weight excluding hydrogens is 453 g/mol. The van der Waals surface area contributed by atoms with Gasteiger partial charge in [0.2, 0.25) is 0 Å². The van der Waals surface area contributed by atoms with Crippen molar-refractivity contribution in [2.24, 2.45) is 0 Å². The summed E-state index contributed by atoms with van der Waals surface area (Å²) in [6.07, 6.45) is 3.93. The first-order chi connectivity index (χ1) is 17.1. The molecule has 168 valence electrons. The number of aryl methyl sites for hydroxylation is 1. The van der Waals surface area contributed by atoms with E-state index in [9.17, 15) is 0 Å². The van der Waals surface area contributed by atoms with Crippen LogP contribution in [-0.2, 0) is 6.61 Å². The standard InChI is InChI=1S/C28H25Cl2NO2/c1-18(2)28-23(27(31-33-28)26-19(3)8-7-11-24(26)29)17-32-22-15-14-21(25(30)16-22)13-12-20-9-5-4-6-10-20/h4-16,18H,17H2,1-3H3/b13-12+/i1D3. The molecule has 3 nitrogen and oxygen atoms in total. The lowest BCUT2D eigenvalue weighted by atomic mass is 9.98. The second-order valence-corrected chi connectivity index (χ2v) is 8.56. The monoisotopic (exact) mass is 480 g/mol. The predicted molar refractivity (Wildman–Crippen MR) is 137 cm³/mol. The van der Waals surface area contributed by atoms with Crippen molar-refractivity contribution >= 4 is 35.4 Å². The molecule has 4 rings (SSSR count). The van der Waals surface area contributed by atoms with Crippen LogP contribution in [0, 0.1) is 6.92 Å². The minimum atomic E-state index is -2.27. The zero-order chi connectivity index (χ0) is 25.9. The van der Waals surface area contributed by atoms with Crippen molar-refractivity contribution in [3.63, 3.8) is 0 Å². The molecule has 0 spiro atoms. The summed E-state index contributed by atoms with van der Waals surface area (Å²) >= 11 is 13.0. The summed E-state index contributed by atoms with van der Waals surface area (Å²) in [5.41, 5.74) is 4.51. The Kier molecular flexibility index (Phi) is 6.07. The molecule has 0 aliphatic rings. The summed E-state index contributed by atoms with van der Waals surface area (Å²) in [6.45, 7) is 1.27. The van der Waals surface area contributed by atoms with Gasteiger partial charge < -0.3 is 9.26 Å². The Morgan fingerprint density at radius 2 is 1.85 bits per heavy atom. The van der Waals surface area contributed by atoms with Crippen molar-refractivity contribution in [2.75, 3.05) is 0 Å². The maximum absolute atomic E-state index is 7.87. The lowest BCUT2D eigenvalue weighted by Gasteiger charge is -2.12. The van der Waals surface area contributed by atoms with Crippen LogP contribution < -0.4 is 4.74 Å². The number of ether oxygens (including phenoxy) is 1. The van der Waals surface area contributed by atoms with Crippen LogP contribution in [0.5, 0.6) is 5.75 Å². The number of nitrogens with zero attached hydrogens (tertiary/aromatic N) is 1. The summed E-state index contributed by atoms with van der Waals surface area (Å²) < 4.78 is 35.3. The fourth-order valence-electron chi connectivity index (χ4n) is 3.57. The van der Waals surface area contributed by atoms with Crippen molar-refractivity contribution in [3.05, 3.63) is 105 Å². The molecule has 3 aromatic carbocycles. The van der Waals surface area contributed by atoms with E-state index in [1.165, 1.54) is 0 Å². The summed E-state index contributed by atoms with van der Waals surface area (Å²) in [4.78, 5) is 0. The normalized spacial score (nSPS) is 14.0. The average Bonchev–Trinajstić information content (AvgIpc) is 3.24. The molecule has 0 aliphatic carbocycles. The highest BCUT2D eigenvalue weighted by Gasteiger charge is 2.23. The third kappa shape index (κ3) is 5.32. The van der Waals surface area contributed by atoms with E-state index >= 15 is 0 Å². The second-order valence-electron chi connectivity index (χ2n) is 7.74. The minimum absolute atomic E-state index is 0.0365. The minimum Gasteiger partial charge on any atom is -0.489 e. The van der Waals surface area contributed by atoms with Crippen molar-refractivity contribution < 1.29 is 13.4 Å². The van der Waals surface area contributed by atoms with Crippen LogP contribution in [0.15, 0.2) is 71.3 Å². The molecule has 5 heteroatoms. The van der Waals surface area contributed by atoms with Crippen LogP contribution in [0.3, 0.4) is 0 Å². The average molecular weight is 481 g/mol. The van der Waals surface area contributed by atoms with Gasteiger partial charge in [-0.05, 0) is 47.9 Å². The van der Waals surface area contributed by atoms with Gasteiger partial charge in [-0.25, -0.2) is 0 Å². The Labute approximate surface area is 208 Å². The first-order valence-corrected chi connectivity index (χ1v) is 11.3. The van der Waals surface area contributed by atoms with Gasteiger partial charge in [-0.1, -0.05) is 96.8 Å². The number of benzene rings is 3. The van der Waals surface area contributed by atoms with Crippen LogP contribution in [0.1, 0.15) is 51.8 Å². The molecular formula is C28H25Cl2NO2. The largest absolute Gasteiger partial charge is 0.489 e. The van der Waals surface area contributed by atoms with E-state index in [0.29, 0.717) is 32.6 Å². The van der Waals surface area contributed by atoms with E-state index in [-0.39, 0.29) is 12.4 Å². The molecule has 33 heavy (non-hydrogen) atoms. The molecule has 0 saturated carbocycles. The molecule has 0 amide bonds. The lowest BCUT2D eigenvalue weighted by Crippen LogP contribution is -2.01. The maximum atomic E-state index is 7.87.